The number of alkyl carbamates (subject to hydrolysis) is 1. The van der Waals surface area contributed by atoms with E-state index in [4.69, 9.17) is 14.2 Å². The lowest BCUT2D eigenvalue weighted by Crippen LogP contribution is -2.34. The zero-order chi connectivity index (χ0) is 18.9. The Kier molecular flexibility index (Phi) is 7.71. The second-order valence-corrected chi connectivity index (χ2v) is 6.12. The highest BCUT2D eigenvalue weighted by Crippen LogP contribution is 2.14. The van der Waals surface area contributed by atoms with Crippen LogP contribution in [0.2, 0.25) is 0 Å². The first-order chi connectivity index (χ1) is 11.7. The SMILES string of the molecule is COc1ccc(NC(=O)COC(=O)CCNC(=O)OC(C)(C)C)cc1. The van der Waals surface area contributed by atoms with E-state index in [9.17, 15) is 14.4 Å². The Bertz CT molecular complexity index is 592. The fourth-order valence-corrected chi connectivity index (χ4v) is 1.67. The average Bonchev–Trinajstić information content (AvgIpc) is 2.52. The normalized spacial score (nSPS) is 10.6. The quantitative estimate of drug-likeness (QED) is 0.729. The molecule has 0 atom stereocenters. The molecule has 2 N–H and O–H groups in total. The largest absolute Gasteiger partial charge is 0.497 e. The van der Waals surface area contributed by atoms with Crippen LogP contribution in [0.5, 0.6) is 5.75 Å². The highest BCUT2D eigenvalue weighted by atomic mass is 16.6. The van der Waals surface area contributed by atoms with E-state index in [1.165, 1.54) is 0 Å². The number of rotatable bonds is 7. The van der Waals surface area contributed by atoms with Gasteiger partial charge in [-0.3, -0.25) is 9.59 Å². The number of nitrogens with one attached hydrogen (secondary N) is 2. The van der Waals surface area contributed by atoms with Crippen LogP contribution in [0, 0.1) is 0 Å². The van der Waals surface area contributed by atoms with Gasteiger partial charge in [0, 0.05) is 12.2 Å². The highest BCUT2D eigenvalue weighted by Gasteiger charge is 2.16. The van der Waals surface area contributed by atoms with Crippen LogP contribution < -0.4 is 15.4 Å². The van der Waals surface area contributed by atoms with E-state index < -0.39 is 30.2 Å². The van der Waals surface area contributed by atoms with Crippen molar-refractivity contribution in [3.05, 3.63) is 24.3 Å². The van der Waals surface area contributed by atoms with E-state index in [-0.39, 0.29) is 13.0 Å². The molecule has 0 aromatic heterocycles. The third-order valence-corrected chi connectivity index (χ3v) is 2.74. The van der Waals surface area contributed by atoms with E-state index in [2.05, 4.69) is 10.6 Å². The van der Waals surface area contributed by atoms with E-state index in [0.29, 0.717) is 11.4 Å². The maximum Gasteiger partial charge on any atom is 0.407 e. The topological polar surface area (TPSA) is 103 Å². The van der Waals surface area contributed by atoms with Crippen LogP contribution in [-0.2, 0) is 19.1 Å². The lowest BCUT2D eigenvalue weighted by molar-refractivity contribution is -0.147. The average molecular weight is 352 g/mol. The van der Waals surface area contributed by atoms with Crippen molar-refractivity contribution in [2.24, 2.45) is 0 Å². The summed E-state index contributed by atoms with van der Waals surface area (Å²) >= 11 is 0. The van der Waals surface area contributed by atoms with Crippen molar-refractivity contribution in [1.29, 1.82) is 0 Å². The van der Waals surface area contributed by atoms with Crippen LogP contribution in [0.1, 0.15) is 27.2 Å². The van der Waals surface area contributed by atoms with Crippen molar-refractivity contribution in [2.75, 3.05) is 25.6 Å². The maximum absolute atomic E-state index is 11.7. The third-order valence-electron chi connectivity index (χ3n) is 2.74. The zero-order valence-electron chi connectivity index (χ0n) is 14.9. The molecule has 0 aliphatic rings. The van der Waals surface area contributed by atoms with Crippen LogP contribution in [0.3, 0.4) is 0 Å². The summed E-state index contributed by atoms with van der Waals surface area (Å²) in [6.45, 7) is 4.87. The highest BCUT2D eigenvalue weighted by molar-refractivity contribution is 5.92. The van der Waals surface area contributed by atoms with Gasteiger partial charge in [-0.15, -0.1) is 0 Å². The summed E-state index contributed by atoms with van der Waals surface area (Å²) in [6, 6.07) is 6.74. The van der Waals surface area contributed by atoms with Gasteiger partial charge in [0.1, 0.15) is 11.4 Å². The predicted molar refractivity (Wildman–Crippen MR) is 91.4 cm³/mol. The van der Waals surface area contributed by atoms with E-state index in [1.54, 1.807) is 52.1 Å². The molecule has 0 heterocycles. The molecule has 1 aromatic carbocycles. The Morgan fingerprint density at radius 2 is 1.72 bits per heavy atom. The fraction of sp³-hybridized carbons (Fsp3) is 0.471. The summed E-state index contributed by atoms with van der Waals surface area (Å²) in [4.78, 5) is 34.6. The smallest absolute Gasteiger partial charge is 0.407 e. The minimum absolute atomic E-state index is 0.0605. The molecular formula is C17H24N2O6. The Morgan fingerprint density at radius 3 is 2.28 bits per heavy atom. The van der Waals surface area contributed by atoms with E-state index in [1.807, 2.05) is 0 Å². The molecule has 25 heavy (non-hydrogen) atoms. The van der Waals surface area contributed by atoms with Gasteiger partial charge in [0.15, 0.2) is 6.61 Å². The lowest BCUT2D eigenvalue weighted by Gasteiger charge is -2.19. The summed E-state index contributed by atoms with van der Waals surface area (Å²) in [7, 11) is 1.55. The van der Waals surface area contributed by atoms with Crippen LogP contribution in [-0.4, -0.2) is 43.8 Å². The third kappa shape index (κ3) is 9.19. The second kappa shape index (κ2) is 9.51. The van der Waals surface area contributed by atoms with Crippen molar-refractivity contribution in [3.63, 3.8) is 0 Å². The van der Waals surface area contributed by atoms with E-state index >= 15 is 0 Å². The molecule has 0 bridgehead atoms. The van der Waals surface area contributed by atoms with Crippen molar-refractivity contribution in [3.8, 4) is 5.75 Å². The number of hydrogen-bond acceptors (Lipinski definition) is 6. The van der Waals surface area contributed by atoms with Crippen LogP contribution in [0.15, 0.2) is 24.3 Å². The Hall–Kier alpha value is -2.77. The van der Waals surface area contributed by atoms with E-state index in [0.717, 1.165) is 0 Å². The van der Waals surface area contributed by atoms with Gasteiger partial charge in [0.05, 0.1) is 13.5 Å². The number of hydrogen-bond donors (Lipinski definition) is 2. The number of amides is 2. The molecule has 0 radical (unpaired) electrons. The van der Waals surface area contributed by atoms with Gasteiger partial charge in [-0.1, -0.05) is 0 Å². The molecule has 0 aliphatic carbocycles. The molecule has 0 unspecified atom stereocenters. The number of esters is 1. The minimum Gasteiger partial charge on any atom is -0.497 e. The van der Waals surface area contributed by atoms with Gasteiger partial charge in [-0.2, -0.15) is 0 Å². The number of carbonyl (C=O) groups excluding carboxylic acids is 3. The second-order valence-electron chi connectivity index (χ2n) is 6.12. The van der Waals surface area contributed by atoms with Crippen molar-refractivity contribution in [2.45, 2.75) is 32.8 Å². The molecule has 2 amide bonds. The summed E-state index contributed by atoms with van der Waals surface area (Å²) in [5.41, 5.74) is -0.0436. The van der Waals surface area contributed by atoms with Gasteiger partial charge in [0.25, 0.3) is 5.91 Å². The van der Waals surface area contributed by atoms with Gasteiger partial charge in [0.2, 0.25) is 0 Å². The molecular weight excluding hydrogens is 328 g/mol. The molecule has 1 rings (SSSR count). The molecule has 0 fully saturated rings. The minimum atomic E-state index is -0.613. The number of ether oxygens (including phenoxy) is 3. The first kappa shape index (κ1) is 20.3. The molecule has 0 saturated carbocycles. The summed E-state index contributed by atoms with van der Waals surface area (Å²) in [5, 5.41) is 5.02. The molecule has 0 spiro atoms. The standard InChI is InChI=1S/C17H24N2O6/c1-17(2,3)25-16(22)18-10-9-15(21)24-11-14(20)19-12-5-7-13(23-4)8-6-12/h5-8H,9-11H2,1-4H3,(H,18,22)(H,19,20). The van der Waals surface area contributed by atoms with Gasteiger partial charge >= 0.3 is 12.1 Å². The van der Waals surface area contributed by atoms with Crippen LogP contribution in [0.4, 0.5) is 10.5 Å². The number of carbonyl (C=O) groups is 3. The number of methoxy groups -OCH3 is 1. The molecule has 1 aromatic rings. The van der Waals surface area contributed by atoms with Crippen molar-refractivity contribution in [1.82, 2.24) is 5.32 Å². The summed E-state index contributed by atoms with van der Waals surface area (Å²) in [6.07, 6.45) is -0.674. The molecule has 8 nitrogen and oxygen atoms in total. The Labute approximate surface area is 146 Å². The first-order valence-corrected chi connectivity index (χ1v) is 7.76. The summed E-state index contributed by atoms with van der Waals surface area (Å²) < 4.78 is 14.9. The molecule has 0 aliphatic heterocycles. The zero-order valence-corrected chi connectivity index (χ0v) is 14.9. The molecule has 0 saturated heterocycles. The molecule has 8 heteroatoms. The molecule has 138 valence electrons. The Balaban J connectivity index is 2.22. The summed E-state index contributed by atoms with van der Waals surface area (Å²) in [5.74, 6) is -0.388. The van der Waals surface area contributed by atoms with Crippen molar-refractivity contribution >= 4 is 23.7 Å². The Morgan fingerprint density at radius 1 is 1.08 bits per heavy atom. The lowest BCUT2D eigenvalue weighted by atomic mass is 10.2. The van der Waals surface area contributed by atoms with Gasteiger partial charge in [-0.25, -0.2) is 4.79 Å². The maximum atomic E-state index is 11.7. The van der Waals surface area contributed by atoms with Gasteiger partial charge in [-0.05, 0) is 45.0 Å². The fourth-order valence-electron chi connectivity index (χ4n) is 1.67. The van der Waals surface area contributed by atoms with Crippen LogP contribution >= 0.6 is 0 Å². The number of benzene rings is 1. The van der Waals surface area contributed by atoms with Crippen LogP contribution in [0.25, 0.3) is 0 Å². The predicted octanol–water partition coefficient (Wildman–Crippen LogP) is 2.09. The first-order valence-electron chi connectivity index (χ1n) is 7.76. The van der Waals surface area contributed by atoms with Gasteiger partial charge < -0.3 is 24.8 Å². The monoisotopic (exact) mass is 352 g/mol. The van der Waals surface area contributed by atoms with Crippen molar-refractivity contribution < 1.29 is 28.6 Å². The number of anilines is 1.